The van der Waals surface area contributed by atoms with Crippen molar-refractivity contribution in [2.75, 3.05) is 0 Å². The first-order chi connectivity index (χ1) is 8.15. The highest BCUT2D eigenvalue weighted by atomic mass is 16.5. The van der Waals surface area contributed by atoms with Crippen LogP contribution in [0.2, 0.25) is 0 Å². The first-order valence-corrected chi connectivity index (χ1v) is 4.82. The average molecular weight is 231 g/mol. The molecule has 0 bridgehead atoms. The van der Waals surface area contributed by atoms with E-state index in [2.05, 4.69) is 15.0 Å². The van der Waals surface area contributed by atoms with Crippen LogP contribution in [0.25, 0.3) is 0 Å². The second kappa shape index (κ2) is 4.56. The molecule has 0 aliphatic carbocycles. The van der Waals surface area contributed by atoms with Gasteiger partial charge in [0.15, 0.2) is 5.69 Å². The van der Waals surface area contributed by atoms with Crippen LogP contribution in [0.1, 0.15) is 16.2 Å². The molecule has 0 atom stereocenters. The lowest BCUT2D eigenvalue weighted by Crippen LogP contribution is -2.04. The van der Waals surface area contributed by atoms with E-state index < -0.39 is 5.97 Å². The van der Waals surface area contributed by atoms with Crippen molar-refractivity contribution in [2.24, 2.45) is 0 Å². The summed E-state index contributed by atoms with van der Waals surface area (Å²) >= 11 is 0. The number of nitrogens with zero attached hydrogens (tertiary/aromatic N) is 3. The van der Waals surface area contributed by atoms with Gasteiger partial charge in [0.25, 0.3) is 0 Å². The Kier molecular flexibility index (Phi) is 2.95. The fraction of sp³-hybridized carbons (Fsp3) is 0.0909. The smallest absolute Gasteiger partial charge is 0.354 e. The second-order valence-corrected chi connectivity index (χ2v) is 3.27. The summed E-state index contributed by atoms with van der Waals surface area (Å²) in [4.78, 5) is 22.4. The van der Waals surface area contributed by atoms with Gasteiger partial charge in [-0.3, -0.25) is 4.98 Å². The zero-order valence-electron chi connectivity index (χ0n) is 8.99. The van der Waals surface area contributed by atoms with E-state index in [1.165, 1.54) is 12.3 Å². The van der Waals surface area contributed by atoms with Gasteiger partial charge in [-0.1, -0.05) is 0 Å². The normalized spacial score (nSPS) is 9.94. The fourth-order valence-electron chi connectivity index (χ4n) is 1.21. The Labute approximate surface area is 96.9 Å². The van der Waals surface area contributed by atoms with Gasteiger partial charge in [-0.25, -0.2) is 9.78 Å². The van der Waals surface area contributed by atoms with Crippen LogP contribution in [0.3, 0.4) is 0 Å². The summed E-state index contributed by atoms with van der Waals surface area (Å²) in [6, 6.07) is 4.75. The van der Waals surface area contributed by atoms with Gasteiger partial charge in [0.2, 0.25) is 0 Å². The molecule has 0 saturated carbocycles. The third kappa shape index (κ3) is 2.75. The molecule has 2 heterocycles. The van der Waals surface area contributed by atoms with Gasteiger partial charge < -0.3 is 9.84 Å². The molecule has 6 heteroatoms. The summed E-state index contributed by atoms with van der Waals surface area (Å²) in [6.07, 6.45) is 3.10. The van der Waals surface area contributed by atoms with E-state index in [9.17, 15) is 4.79 Å². The lowest BCUT2D eigenvalue weighted by Gasteiger charge is -2.04. The van der Waals surface area contributed by atoms with Crippen LogP contribution in [0.4, 0.5) is 0 Å². The topological polar surface area (TPSA) is 85.2 Å². The lowest BCUT2D eigenvalue weighted by molar-refractivity contribution is 0.0689. The van der Waals surface area contributed by atoms with Gasteiger partial charge >= 0.3 is 12.0 Å². The summed E-state index contributed by atoms with van der Waals surface area (Å²) in [5.74, 6) is -0.666. The summed E-state index contributed by atoms with van der Waals surface area (Å²) in [7, 11) is 0. The largest absolute Gasteiger partial charge is 0.477 e. The Bertz CT molecular complexity index is 543. The van der Waals surface area contributed by atoms with Crippen molar-refractivity contribution in [3.8, 4) is 11.8 Å². The zero-order valence-corrected chi connectivity index (χ0v) is 8.99. The van der Waals surface area contributed by atoms with E-state index in [0.717, 1.165) is 0 Å². The highest BCUT2D eigenvalue weighted by Gasteiger charge is 2.09. The first-order valence-electron chi connectivity index (χ1n) is 4.82. The first kappa shape index (κ1) is 11.0. The molecule has 2 aromatic rings. The molecule has 0 unspecified atom stereocenters. The Morgan fingerprint density at radius 2 is 2.24 bits per heavy atom. The van der Waals surface area contributed by atoms with Crippen molar-refractivity contribution in [1.29, 1.82) is 0 Å². The van der Waals surface area contributed by atoms with Crippen molar-refractivity contribution < 1.29 is 14.6 Å². The Hall–Kier alpha value is -2.50. The maximum Gasteiger partial charge on any atom is 0.354 e. The zero-order chi connectivity index (χ0) is 12.3. The molecule has 0 aliphatic rings. The molecule has 1 N–H and O–H groups in total. The van der Waals surface area contributed by atoms with Gasteiger partial charge in [-0.15, -0.1) is 0 Å². The number of carboxylic acids is 1. The third-order valence-electron chi connectivity index (χ3n) is 1.90. The van der Waals surface area contributed by atoms with Crippen LogP contribution in [0.5, 0.6) is 11.8 Å². The van der Waals surface area contributed by atoms with Crippen LogP contribution < -0.4 is 4.74 Å². The number of aryl methyl sites for hydroxylation is 1. The van der Waals surface area contributed by atoms with Crippen molar-refractivity contribution in [3.63, 3.8) is 0 Å². The van der Waals surface area contributed by atoms with Crippen molar-refractivity contribution >= 4 is 5.97 Å². The molecule has 0 spiro atoms. The van der Waals surface area contributed by atoms with Crippen molar-refractivity contribution in [2.45, 2.75) is 6.92 Å². The van der Waals surface area contributed by atoms with Crippen molar-refractivity contribution in [1.82, 2.24) is 15.0 Å². The van der Waals surface area contributed by atoms with E-state index in [4.69, 9.17) is 9.84 Å². The molecule has 86 valence electrons. The maximum atomic E-state index is 10.8. The molecule has 0 saturated heterocycles. The standard InChI is InChI=1S/C11H9N3O3/c1-7-5-9(10(15)16)14-11(13-7)17-8-3-2-4-12-6-8/h2-6H,1H3,(H,15,16). The van der Waals surface area contributed by atoms with E-state index >= 15 is 0 Å². The minimum absolute atomic E-state index is 0.00426. The van der Waals surface area contributed by atoms with Crippen molar-refractivity contribution in [3.05, 3.63) is 42.0 Å². The molecule has 2 aromatic heterocycles. The summed E-state index contributed by atoms with van der Waals surface area (Å²) < 4.78 is 5.30. The van der Waals surface area contributed by atoms with Crippen LogP contribution in [-0.4, -0.2) is 26.0 Å². The number of pyridine rings is 1. The maximum absolute atomic E-state index is 10.8. The molecule has 17 heavy (non-hydrogen) atoms. The predicted molar refractivity (Wildman–Crippen MR) is 58.0 cm³/mol. The van der Waals surface area contributed by atoms with Gasteiger partial charge in [0.05, 0.1) is 6.20 Å². The second-order valence-electron chi connectivity index (χ2n) is 3.27. The lowest BCUT2D eigenvalue weighted by atomic mass is 10.3. The van der Waals surface area contributed by atoms with E-state index in [0.29, 0.717) is 11.4 Å². The average Bonchev–Trinajstić information content (AvgIpc) is 2.29. The number of carboxylic acid groups (broad SMARTS) is 1. The molecule has 0 aromatic carbocycles. The van der Waals surface area contributed by atoms with E-state index in [1.54, 1.807) is 25.3 Å². The predicted octanol–water partition coefficient (Wildman–Crippen LogP) is 1.67. The third-order valence-corrected chi connectivity index (χ3v) is 1.90. The minimum Gasteiger partial charge on any atom is -0.477 e. The molecule has 0 radical (unpaired) electrons. The minimum atomic E-state index is -1.12. The molecule has 0 amide bonds. The molecule has 0 fully saturated rings. The SMILES string of the molecule is Cc1cc(C(=O)O)nc(Oc2cccnc2)n1. The van der Waals surface area contributed by atoms with Crippen LogP contribution in [0.15, 0.2) is 30.6 Å². The molecular weight excluding hydrogens is 222 g/mol. The van der Waals surface area contributed by atoms with E-state index in [1.807, 2.05) is 0 Å². The highest BCUT2D eigenvalue weighted by Crippen LogP contribution is 2.16. The van der Waals surface area contributed by atoms with Crippen LogP contribution >= 0.6 is 0 Å². The molecular formula is C11H9N3O3. The monoisotopic (exact) mass is 231 g/mol. The number of ether oxygens (including phenoxy) is 1. The number of aromatic carboxylic acids is 1. The quantitative estimate of drug-likeness (QED) is 0.864. The number of hydrogen-bond donors (Lipinski definition) is 1. The van der Waals surface area contributed by atoms with Crippen LogP contribution in [0, 0.1) is 6.92 Å². The van der Waals surface area contributed by atoms with Gasteiger partial charge in [-0.05, 0) is 25.1 Å². The van der Waals surface area contributed by atoms with Gasteiger partial charge in [0.1, 0.15) is 5.75 Å². The fourth-order valence-corrected chi connectivity index (χ4v) is 1.21. The Balaban J connectivity index is 2.30. The Morgan fingerprint density at radius 3 is 2.88 bits per heavy atom. The highest BCUT2D eigenvalue weighted by molar-refractivity contribution is 5.85. The van der Waals surface area contributed by atoms with Gasteiger partial charge in [-0.2, -0.15) is 4.98 Å². The molecule has 0 aliphatic heterocycles. The van der Waals surface area contributed by atoms with E-state index in [-0.39, 0.29) is 11.7 Å². The van der Waals surface area contributed by atoms with Crippen LogP contribution in [-0.2, 0) is 0 Å². The molecule has 6 nitrogen and oxygen atoms in total. The summed E-state index contributed by atoms with van der Waals surface area (Å²) in [6.45, 7) is 1.67. The number of hydrogen-bond acceptors (Lipinski definition) is 5. The number of aromatic nitrogens is 3. The molecule has 2 rings (SSSR count). The number of rotatable bonds is 3. The number of carbonyl (C=O) groups is 1. The summed E-state index contributed by atoms with van der Waals surface area (Å²) in [5.41, 5.74) is 0.424. The van der Waals surface area contributed by atoms with Gasteiger partial charge in [0, 0.05) is 11.9 Å². The Morgan fingerprint density at radius 1 is 1.41 bits per heavy atom. The summed E-state index contributed by atoms with van der Waals surface area (Å²) in [5, 5.41) is 8.84.